The lowest BCUT2D eigenvalue weighted by Crippen LogP contribution is -2.35. The van der Waals surface area contributed by atoms with Crippen LogP contribution in [0.15, 0.2) is 42.1 Å². The molecule has 0 spiro atoms. The van der Waals surface area contributed by atoms with E-state index in [2.05, 4.69) is 5.32 Å². The molecule has 0 unspecified atom stereocenters. The number of imide groups is 1. The first-order valence-electron chi connectivity index (χ1n) is 9.09. The number of halogens is 2. The fourth-order valence-corrected chi connectivity index (χ4v) is 3.76. The lowest BCUT2D eigenvalue weighted by atomic mass is 10.0. The van der Waals surface area contributed by atoms with E-state index in [0.29, 0.717) is 22.2 Å². The van der Waals surface area contributed by atoms with E-state index >= 15 is 0 Å². The second-order valence-corrected chi connectivity index (χ2v) is 8.28. The van der Waals surface area contributed by atoms with E-state index in [0.717, 1.165) is 16.8 Å². The standard InChI is InChI=1S/C22H22Cl2N2O2/c1-12(2)11-26-21(27)19(16-7-6-15(23)10-17(16)24)20(22(26)28)25-18-8-5-13(3)9-14(18)4/h5-10,12,25H,11H2,1-4H3. The number of nitrogens with one attached hydrogen (secondary N) is 1. The predicted molar refractivity (Wildman–Crippen MR) is 114 cm³/mol. The van der Waals surface area contributed by atoms with Gasteiger partial charge in [-0.15, -0.1) is 0 Å². The van der Waals surface area contributed by atoms with Crippen molar-refractivity contribution in [3.63, 3.8) is 0 Å². The van der Waals surface area contributed by atoms with Gasteiger partial charge in [-0.2, -0.15) is 0 Å². The van der Waals surface area contributed by atoms with Crippen LogP contribution in [-0.2, 0) is 9.59 Å². The van der Waals surface area contributed by atoms with Crippen LogP contribution in [0, 0.1) is 19.8 Å². The second-order valence-electron chi connectivity index (χ2n) is 7.43. The summed E-state index contributed by atoms with van der Waals surface area (Å²) in [4.78, 5) is 27.5. The van der Waals surface area contributed by atoms with Crippen molar-refractivity contribution in [3.05, 3.63) is 68.8 Å². The summed E-state index contributed by atoms with van der Waals surface area (Å²) >= 11 is 12.4. The first-order chi connectivity index (χ1) is 13.2. The zero-order valence-electron chi connectivity index (χ0n) is 16.3. The van der Waals surface area contributed by atoms with E-state index < -0.39 is 0 Å². The monoisotopic (exact) mass is 416 g/mol. The molecule has 0 bridgehead atoms. The van der Waals surface area contributed by atoms with Crippen molar-refractivity contribution >= 4 is 46.3 Å². The molecule has 28 heavy (non-hydrogen) atoms. The molecule has 4 nitrogen and oxygen atoms in total. The number of carbonyl (C=O) groups is 2. The number of amides is 2. The summed E-state index contributed by atoms with van der Waals surface area (Å²) in [6, 6.07) is 10.8. The van der Waals surface area contributed by atoms with Gasteiger partial charge in [-0.05, 0) is 43.5 Å². The highest BCUT2D eigenvalue weighted by molar-refractivity contribution is 6.41. The van der Waals surface area contributed by atoms with E-state index in [-0.39, 0.29) is 29.0 Å². The predicted octanol–water partition coefficient (Wildman–Crippen LogP) is 5.46. The van der Waals surface area contributed by atoms with Crippen LogP contribution in [0.4, 0.5) is 5.69 Å². The Morgan fingerprint density at radius 3 is 2.32 bits per heavy atom. The Morgan fingerprint density at radius 2 is 1.71 bits per heavy atom. The quantitative estimate of drug-likeness (QED) is 0.658. The number of hydrogen-bond acceptors (Lipinski definition) is 3. The molecule has 0 saturated carbocycles. The average molecular weight is 417 g/mol. The van der Waals surface area contributed by atoms with Crippen LogP contribution in [0.2, 0.25) is 10.0 Å². The summed E-state index contributed by atoms with van der Waals surface area (Å²) in [6.07, 6.45) is 0. The minimum absolute atomic E-state index is 0.148. The third-order valence-electron chi connectivity index (χ3n) is 4.56. The van der Waals surface area contributed by atoms with Gasteiger partial charge in [0.05, 0.1) is 10.6 Å². The van der Waals surface area contributed by atoms with Crippen molar-refractivity contribution in [1.29, 1.82) is 0 Å². The minimum Gasteiger partial charge on any atom is -0.350 e. The van der Waals surface area contributed by atoms with Crippen molar-refractivity contribution in [2.45, 2.75) is 27.7 Å². The van der Waals surface area contributed by atoms with Crippen LogP contribution in [-0.4, -0.2) is 23.3 Å². The van der Waals surface area contributed by atoms with E-state index in [9.17, 15) is 9.59 Å². The van der Waals surface area contributed by atoms with E-state index in [1.807, 2.05) is 45.9 Å². The van der Waals surface area contributed by atoms with E-state index in [4.69, 9.17) is 23.2 Å². The highest BCUT2D eigenvalue weighted by Crippen LogP contribution is 2.36. The smallest absolute Gasteiger partial charge is 0.278 e. The number of benzene rings is 2. The molecule has 0 fully saturated rings. The zero-order chi connectivity index (χ0) is 20.6. The molecule has 0 saturated heterocycles. The summed E-state index contributed by atoms with van der Waals surface area (Å²) in [5.41, 5.74) is 3.87. The highest BCUT2D eigenvalue weighted by atomic mass is 35.5. The van der Waals surface area contributed by atoms with Crippen LogP contribution in [0.3, 0.4) is 0 Å². The number of rotatable bonds is 5. The van der Waals surface area contributed by atoms with Crippen LogP contribution in [0.25, 0.3) is 5.57 Å². The largest absolute Gasteiger partial charge is 0.350 e. The van der Waals surface area contributed by atoms with Crippen molar-refractivity contribution < 1.29 is 9.59 Å². The number of hydrogen-bond donors (Lipinski definition) is 1. The number of nitrogens with zero attached hydrogens (tertiary/aromatic N) is 1. The van der Waals surface area contributed by atoms with Crippen LogP contribution < -0.4 is 5.32 Å². The summed E-state index contributed by atoms with van der Waals surface area (Å²) < 4.78 is 0. The molecule has 1 aliphatic heterocycles. The van der Waals surface area contributed by atoms with Gasteiger partial charge < -0.3 is 5.32 Å². The van der Waals surface area contributed by atoms with Gasteiger partial charge in [0.15, 0.2) is 0 Å². The number of anilines is 1. The maximum absolute atomic E-state index is 13.1. The SMILES string of the molecule is Cc1ccc(NC2=C(c3ccc(Cl)cc3Cl)C(=O)N(CC(C)C)C2=O)c(C)c1. The molecule has 2 aromatic carbocycles. The molecule has 0 atom stereocenters. The molecule has 146 valence electrons. The number of aryl methyl sites for hydroxylation is 2. The summed E-state index contributed by atoms with van der Waals surface area (Å²) in [7, 11) is 0. The third kappa shape index (κ3) is 3.94. The Hall–Kier alpha value is -2.30. The maximum atomic E-state index is 13.1. The third-order valence-corrected chi connectivity index (χ3v) is 5.11. The first kappa shape index (κ1) is 20.4. The molecule has 0 aromatic heterocycles. The van der Waals surface area contributed by atoms with Gasteiger partial charge in [0.25, 0.3) is 11.8 Å². The summed E-state index contributed by atoms with van der Waals surface area (Å²) in [6.45, 7) is 8.22. The minimum atomic E-state index is -0.352. The molecule has 0 aliphatic carbocycles. The molecule has 0 radical (unpaired) electrons. The lowest BCUT2D eigenvalue weighted by Gasteiger charge is -2.17. The second kappa shape index (κ2) is 7.98. The Balaban J connectivity index is 2.13. The molecule has 2 amide bonds. The van der Waals surface area contributed by atoms with Gasteiger partial charge in [0.2, 0.25) is 0 Å². The molecular weight excluding hydrogens is 395 g/mol. The molecule has 2 aromatic rings. The number of carbonyl (C=O) groups excluding carboxylic acids is 2. The van der Waals surface area contributed by atoms with Gasteiger partial charge in [-0.3, -0.25) is 14.5 Å². The fraction of sp³-hybridized carbons (Fsp3) is 0.273. The van der Waals surface area contributed by atoms with Crippen LogP contribution in [0.1, 0.15) is 30.5 Å². The molecule has 1 heterocycles. The molecular formula is C22H22Cl2N2O2. The zero-order valence-corrected chi connectivity index (χ0v) is 17.8. The molecule has 1 N–H and O–H groups in total. The maximum Gasteiger partial charge on any atom is 0.278 e. The summed E-state index contributed by atoms with van der Waals surface area (Å²) in [5.74, 6) is -0.551. The van der Waals surface area contributed by atoms with Crippen LogP contribution >= 0.6 is 23.2 Å². The van der Waals surface area contributed by atoms with E-state index in [1.165, 1.54) is 4.90 Å². The van der Waals surface area contributed by atoms with Crippen molar-refractivity contribution in [2.75, 3.05) is 11.9 Å². The normalized spacial score (nSPS) is 14.5. The van der Waals surface area contributed by atoms with Gasteiger partial charge in [0.1, 0.15) is 5.70 Å². The summed E-state index contributed by atoms with van der Waals surface area (Å²) in [5, 5.41) is 3.98. The molecule has 3 rings (SSSR count). The lowest BCUT2D eigenvalue weighted by molar-refractivity contribution is -0.137. The fourth-order valence-electron chi connectivity index (χ4n) is 3.25. The Bertz CT molecular complexity index is 996. The van der Waals surface area contributed by atoms with Crippen LogP contribution in [0.5, 0.6) is 0 Å². The van der Waals surface area contributed by atoms with Crippen molar-refractivity contribution in [2.24, 2.45) is 5.92 Å². The van der Waals surface area contributed by atoms with Gasteiger partial charge in [0, 0.05) is 22.8 Å². The highest BCUT2D eigenvalue weighted by Gasteiger charge is 2.40. The molecule has 1 aliphatic rings. The average Bonchev–Trinajstić information content (AvgIpc) is 2.82. The van der Waals surface area contributed by atoms with Gasteiger partial charge in [-0.25, -0.2) is 0 Å². The Morgan fingerprint density at radius 1 is 1.00 bits per heavy atom. The molecule has 6 heteroatoms. The van der Waals surface area contributed by atoms with E-state index in [1.54, 1.807) is 18.2 Å². The van der Waals surface area contributed by atoms with Gasteiger partial charge in [-0.1, -0.05) is 60.8 Å². The Kier molecular flexibility index (Phi) is 5.82. The first-order valence-corrected chi connectivity index (χ1v) is 9.84. The Labute approximate surface area is 175 Å². The van der Waals surface area contributed by atoms with Gasteiger partial charge >= 0.3 is 0 Å². The van der Waals surface area contributed by atoms with Crippen molar-refractivity contribution in [1.82, 2.24) is 4.90 Å². The van der Waals surface area contributed by atoms with Crippen molar-refractivity contribution in [3.8, 4) is 0 Å². The topological polar surface area (TPSA) is 49.4 Å².